The second-order valence-electron chi connectivity index (χ2n) is 5.12. The van der Waals surface area contributed by atoms with E-state index in [4.69, 9.17) is 10.5 Å². The predicted octanol–water partition coefficient (Wildman–Crippen LogP) is 0.889. The second kappa shape index (κ2) is 7.08. The molecule has 0 aromatic heterocycles. The molecule has 6 nitrogen and oxygen atoms in total. The van der Waals surface area contributed by atoms with Crippen molar-refractivity contribution < 1.29 is 9.53 Å². The molecule has 114 valence electrons. The molecule has 0 saturated carbocycles. The topological polar surface area (TPSA) is 79.9 Å². The van der Waals surface area contributed by atoms with Crippen molar-refractivity contribution in [3.63, 3.8) is 0 Å². The minimum atomic E-state index is -0.0249. The Balaban J connectivity index is 1.88. The lowest BCUT2D eigenvalue weighted by atomic mass is 10.1. The number of rotatable bonds is 3. The normalized spacial score (nSPS) is 15.9. The lowest BCUT2D eigenvalue weighted by Crippen LogP contribution is -2.42. The summed E-state index contributed by atoms with van der Waals surface area (Å²) in [6.07, 6.45) is 0. The second-order valence-corrected chi connectivity index (χ2v) is 5.12. The number of carbonyl (C=O) groups is 1. The monoisotopic (exact) mass is 290 g/mol. The Hall–Kier alpha value is -2.08. The molecule has 1 heterocycles. The Bertz CT molecular complexity index is 536. The minimum Gasteiger partial charge on any atom is -0.378 e. The van der Waals surface area contributed by atoms with Crippen LogP contribution < -0.4 is 11.1 Å². The molecule has 0 aliphatic carbocycles. The molecule has 1 saturated heterocycles. The average Bonchev–Trinajstić information content (AvgIpc) is 2.49. The zero-order valence-electron chi connectivity index (χ0n) is 12.6. The number of nitrogens with two attached hydrogens (primary N) is 1. The number of ether oxygens (including phenoxy) is 1. The summed E-state index contributed by atoms with van der Waals surface area (Å²) in [5.74, 6) is 0.225. The number of amides is 1. The van der Waals surface area contributed by atoms with Crippen molar-refractivity contribution in [2.75, 3.05) is 38.2 Å². The van der Waals surface area contributed by atoms with E-state index in [1.165, 1.54) is 11.1 Å². The van der Waals surface area contributed by atoms with Gasteiger partial charge in [-0.2, -0.15) is 0 Å². The van der Waals surface area contributed by atoms with Crippen LogP contribution in [0, 0.1) is 13.8 Å². The van der Waals surface area contributed by atoms with Gasteiger partial charge in [0.1, 0.15) is 6.54 Å². The largest absolute Gasteiger partial charge is 0.378 e. The summed E-state index contributed by atoms with van der Waals surface area (Å²) in [4.78, 5) is 17.8. The number of morpholine rings is 1. The Morgan fingerprint density at radius 1 is 1.33 bits per heavy atom. The fraction of sp³-hybridized carbons (Fsp3) is 0.467. The molecule has 0 bridgehead atoms. The van der Waals surface area contributed by atoms with E-state index >= 15 is 0 Å². The van der Waals surface area contributed by atoms with Crippen molar-refractivity contribution in [1.29, 1.82) is 0 Å². The molecule has 1 amide bonds. The van der Waals surface area contributed by atoms with E-state index in [1.807, 2.05) is 25.1 Å². The van der Waals surface area contributed by atoms with Crippen molar-refractivity contribution in [2.45, 2.75) is 13.8 Å². The van der Waals surface area contributed by atoms with E-state index in [-0.39, 0.29) is 18.4 Å². The third-order valence-corrected chi connectivity index (χ3v) is 3.53. The number of aliphatic imine (C=N–C) groups is 1. The molecule has 2 rings (SSSR count). The van der Waals surface area contributed by atoms with Crippen LogP contribution in [-0.2, 0) is 9.53 Å². The molecule has 21 heavy (non-hydrogen) atoms. The molecule has 1 aromatic rings. The number of hydrogen-bond donors (Lipinski definition) is 2. The van der Waals surface area contributed by atoms with E-state index in [2.05, 4.69) is 17.2 Å². The molecular weight excluding hydrogens is 268 g/mol. The molecule has 1 fully saturated rings. The first-order valence-electron chi connectivity index (χ1n) is 7.06. The Kier molecular flexibility index (Phi) is 5.16. The number of carbonyl (C=O) groups excluding carboxylic acids is 1. The van der Waals surface area contributed by atoms with Gasteiger partial charge in [0.05, 0.1) is 13.2 Å². The molecule has 0 atom stereocenters. The highest BCUT2D eigenvalue weighted by Crippen LogP contribution is 2.13. The van der Waals surface area contributed by atoms with Gasteiger partial charge in [-0.1, -0.05) is 6.07 Å². The zero-order chi connectivity index (χ0) is 15.2. The summed E-state index contributed by atoms with van der Waals surface area (Å²) in [6, 6.07) is 5.96. The van der Waals surface area contributed by atoms with Gasteiger partial charge in [-0.3, -0.25) is 4.79 Å². The summed E-state index contributed by atoms with van der Waals surface area (Å²) in [7, 11) is 0. The van der Waals surface area contributed by atoms with Crippen molar-refractivity contribution >= 4 is 17.6 Å². The van der Waals surface area contributed by atoms with Gasteiger partial charge in [0.25, 0.3) is 0 Å². The van der Waals surface area contributed by atoms with Crippen LogP contribution in [0.5, 0.6) is 0 Å². The number of anilines is 1. The molecule has 1 aliphatic rings. The number of hydrogen-bond acceptors (Lipinski definition) is 3. The highest BCUT2D eigenvalue weighted by atomic mass is 16.5. The molecule has 3 N–H and O–H groups in total. The first-order chi connectivity index (χ1) is 10.1. The summed E-state index contributed by atoms with van der Waals surface area (Å²) >= 11 is 0. The number of aryl methyl sites for hydroxylation is 2. The van der Waals surface area contributed by atoms with Gasteiger partial charge in [-0.25, -0.2) is 4.99 Å². The fourth-order valence-electron chi connectivity index (χ4n) is 2.07. The lowest BCUT2D eigenvalue weighted by Gasteiger charge is -2.26. The number of benzene rings is 1. The predicted molar refractivity (Wildman–Crippen MR) is 83.4 cm³/mol. The molecular formula is C15H22N4O2. The van der Waals surface area contributed by atoms with Crippen LogP contribution in [0.3, 0.4) is 0 Å². The van der Waals surface area contributed by atoms with E-state index in [0.717, 1.165) is 5.69 Å². The quantitative estimate of drug-likeness (QED) is 0.640. The van der Waals surface area contributed by atoms with E-state index in [0.29, 0.717) is 26.3 Å². The van der Waals surface area contributed by atoms with Gasteiger partial charge in [-0.05, 0) is 37.1 Å². The van der Waals surface area contributed by atoms with Gasteiger partial charge in [-0.15, -0.1) is 0 Å². The van der Waals surface area contributed by atoms with Crippen molar-refractivity contribution in [1.82, 2.24) is 4.90 Å². The van der Waals surface area contributed by atoms with Crippen LogP contribution in [0.4, 0.5) is 5.69 Å². The third kappa shape index (κ3) is 4.46. The Labute approximate surface area is 125 Å². The fourth-order valence-corrected chi connectivity index (χ4v) is 2.07. The van der Waals surface area contributed by atoms with E-state index in [9.17, 15) is 4.79 Å². The van der Waals surface area contributed by atoms with Gasteiger partial charge in [0.2, 0.25) is 5.91 Å². The molecule has 0 unspecified atom stereocenters. The lowest BCUT2D eigenvalue weighted by molar-refractivity contribution is -0.133. The number of nitrogens with zero attached hydrogens (tertiary/aromatic N) is 2. The van der Waals surface area contributed by atoms with Crippen molar-refractivity contribution in [2.24, 2.45) is 10.7 Å². The molecule has 1 aliphatic heterocycles. The van der Waals surface area contributed by atoms with E-state index < -0.39 is 0 Å². The number of nitrogens with one attached hydrogen (secondary N) is 1. The summed E-state index contributed by atoms with van der Waals surface area (Å²) in [5, 5.41) is 3.00. The molecule has 0 radical (unpaired) electrons. The highest BCUT2D eigenvalue weighted by molar-refractivity contribution is 5.94. The summed E-state index contributed by atoms with van der Waals surface area (Å²) in [5.41, 5.74) is 9.09. The molecule has 6 heteroatoms. The van der Waals surface area contributed by atoms with Crippen molar-refractivity contribution in [3.05, 3.63) is 29.3 Å². The van der Waals surface area contributed by atoms with Gasteiger partial charge >= 0.3 is 0 Å². The van der Waals surface area contributed by atoms with Gasteiger partial charge in [0, 0.05) is 18.8 Å². The van der Waals surface area contributed by atoms with Crippen LogP contribution in [0.25, 0.3) is 0 Å². The Morgan fingerprint density at radius 3 is 2.71 bits per heavy atom. The van der Waals surface area contributed by atoms with Crippen LogP contribution >= 0.6 is 0 Å². The zero-order valence-corrected chi connectivity index (χ0v) is 12.6. The first-order valence-corrected chi connectivity index (χ1v) is 7.06. The standard InChI is InChI=1S/C15H22N4O2/c1-11-3-4-13(9-12(11)2)18-15(16)17-10-14(20)19-5-7-21-8-6-19/h3-4,9H,5-8,10H2,1-2H3,(H3,16,17,18). The van der Waals surface area contributed by atoms with Crippen LogP contribution in [-0.4, -0.2) is 49.6 Å². The first kappa shape index (κ1) is 15.3. The van der Waals surface area contributed by atoms with Gasteiger partial charge in [0.15, 0.2) is 5.96 Å². The van der Waals surface area contributed by atoms with Crippen LogP contribution in [0.1, 0.15) is 11.1 Å². The van der Waals surface area contributed by atoms with Crippen molar-refractivity contribution in [3.8, 4) is 0 Å². The SMILES string of the molecule is Cc1ccc(NC(N)=NCC(=O)N2CCOCC2)cc1C. The average molecular weight is 290 g/mol. The highest BCUT2D eigenvalue weighted by Gasteiger charge is 2.15. The maximum Gasteiger partial charge on any atom is 0.244 e. The maximum absolute atomic E-state index is 11.9. The maximum atomic E-state index is 11.9. The Morgan fingerprint density at radius 2 is 2.05 bits per heavy atom. The van der Waals surface area contributed by atoms with Crippen LogP contribution in [0.2, 0.25) is 0 Å². The smallest absolute Gasteiger partial charge is 0.244 e. The third-order valence-electron chi connectivity index (χ3n) is 3.53. The number of guanidine groups is 1. The van der Waals surface area contributed by atoms with Crippen LogP contribution in [0.15, 0.2) is 23.2 Å². The molecule has 1 aromatic carbocycles. The summed E-state index contributed by atoms with van der Waals surface area (Å²) in [6.45, 7) is 6.58. The molecule has 0 spiro atoms. The summed E-state index contributed by atoms with van der Waals surface area (Å²) < 4.78 is 5.21. The van der Waals surface area contributed by atoms with E-state index in [1.54, 1.807) is 4.90 Å². The minimum absolute atomic E-state index is 0.0249. The van der Waals surface area contributed by atoms with Gasteiger partial charge < -0.3 is 20.7 Å².